The Morgan fingerprint density at radius 3 is 2.86 bits per heavy atom. The first-order valence-corrected chi connectivity index (χ1v) is 10.1. The van der Waals surface area contributed by atoms with Gasteiger partial charge in [-0.2, -0.15) is 5.10 Å². The third-order valence-corrected chi connectivity index (χ3v) is 6.43. The largest absolute Gasteiger partial charge is 0.493 e. The normalized spacial score (nSPS) is 24.2. The Morgan fingerprint density at radius 1 is 1.28 bits per heavy atom. The Morgan fingerprint density at radius 2 is 2.10 bits per heavy atom. The Bertz CT molecular complexity index is 988. The fraction of sp³-hybridized carbons (Fsp3) is 0.571. The van der Waals surface area contributed by atoms with E-state index >= 15 is 0 Å². The number of benzene rings is 1. The number of rotatable bonds is 4. The summed E-state index contributed by atoms with van der Waals surface area (Å²) >= 11 is 0. The molecule has 1 saturated carbocycles. The second-order valence-corrected chi connectivity index (χ2v) is 8.01. The number of aliphatic hydroxyl groups is 1. The molecule has 2 aromatic rings. The van der Waals surface area contributed by atoms with Crippen molar-refractivity contribution in [1.82, 2.24) is 14.7 Å². The lowest BCUT2D eigenvalue weighted by molar-refractivity contribution is -0.144. The number of piperidine rings is 1. The summed E-state index contributed by atoms with van der Waals surface area (Å²) < 4.78 is 11.8. The molecule has 1 N–H and O–H groups in total. The number of ether oxygens (including phenoxy) is 2. The fourth-order valence-corrected chi connectivity index (χ4v) is 4.72. The van der Waals surface area contributed by atoms with Crippen LogP contribution in [0.4, 0.5) is 0 Å². The predicted molar refractivity (Wildman–Crippen MR) is 107 cm³/mol. The van der Waals surface area contributed by atoms with Crippen LogP contribution in [-0.2, 0) is 11.3 Å². The topological polar surface area (TPSA) is 93.9 Å². The van der Waals surface area contributed by atoms with Crippen LogP contribution in [-0.4, -0.2) is 58.6 Å². The van der Waals surface area contributed by atoms with Gasteiger partial charge in [-0.1, -0.05) is 12.8 Å². The maximum absolute atomic E-state index is 13.0. The van der Waals surface area contributed by atoms with Gasteiger partial charge >= 0.3 is 0 Å². The second-order valence-electron chi connectivity index (χ2n) is 8.01. The van der Waals surface area contributed by atoms with Gasteiger partial charge in [0.15, 0.2) is 11.5 Å². The Labute approximate surface area is 169 Å². The predicted octanol–water partition coefficient (Wildman–Crippen LogP) is 1.57. The molecule has 1 aliphatic heterocycles. The minimum Gasteiger partial charge on any atom is -0.493 e. The number of likely N-dealkylation sites (tertiary alicyclic amines) is 1. The van der Waals surface area contributed by atoms with E-state index in [9.17, 15) is 14.7 Å². The van der Waals surface area contributed by atoms with Crippen LogP contribution >= 0.6 is 0 Å². The summed E-state index contributed by atoms with van der Waals surface area (Å²) in [6.45, 7) is 0.903. The highest BCUT2D eigenvalue weighted by Crippen LogP contribution is 2.39. The second kappa shape index (κ2) is 7.67. The molecule has 2 aliphatic rings. The highest BCUT2D eigenvalue weighted by Gasteiger charge is 2.43. The molecule has 0 bridgehead atoms. The number of carbonyl (C=O) groups is 1. The van der Waals surface area contributed by atoms with Gasteiger partial charge in [-0.25, -0.2) is 4.68 Å². The van der Waals surface area contributed by atoms with E-state index in [4.69, 9.17) is 9.47 Å². The van der Waals surface area contributed by atoms with Gasteiger partial charge in [0.1, 0.15) is 6.54 Å². The average Bonchev–Trinajstić information content (AvgIpc) is 2.74. The molecule has 4 rings (SSSR count). The zero-order valence-electron chi connectivity index (χ0n) is 16.9. The Hall–Kier alpha value is -2.61. The number of carbonyl (C=O) groups excluding carboxylic acids is 1. The van der Waals surface area contributed by atoms with Crippen molar-refractivity contribution in [2.75, 3.05) is 27.3 Å². The molecule has 8 nitrogen and oxygen atoms in total. The molecule has 1 aromatic heterocycles. The SMILES string of the molecule is COc1ccc2cnn(CC(=O)N3CCC4(O)CCCCC4C3)c(=O)c2c1OC. The van der Waals surface area contributed by atoms with Gasteiger partial charge in [0.2, 0.25) is 5.91 Å². The first-order chi connectivity index (χ1) is 14.0. The van der Waals surface area contributed by atoms with Crippen LogP contribution in [0, 0.1) is 5.92 Å². The molecule has 156 valence electrons. The molecule has 29 heavy (non-hydrogen) atoms. The van der Waals surface area contributed by atoms with Crippen LogP contribution in [0.5, 0.6) is 11.5 Å². The van der Waals surface area contributed by atoms with Gasteiger partial charge < -0.3 is 19.5 Å². The van der Waals surface area contributed by atoms with E-state index in [0.29, 0.717) is 41.8 Å². The number of fused-ring (bicyclic) bond motifs is 2. The van der Waals surface area contributed by atoms with Crippen molar-refractivity contribution in [1.29, 1.82) is 0 Å². The maximum Gasteiger partial charge on any atom is 0.279 e. The smallest absolute Gasteiger partial charge is 0.279 e. The summed E-state index contributed by atoms with van der Waals surface area (Å²) in [6, 6.07) is 3.46. The monoisotopic (exact) mass is 401 g/mol. The molecule has 0 spiro atoms. The van der Waals surface area contributed by atoms with Gasteiger partial charge in [0.25, 0.3) is 5.56 Å². The van der Waals surface area contributed by atoms with Crippen LogP contribution in [0.15, 0.2) is 23.1 Å². The van der Waals surface area contributed by atoms with Gasteiger partial charge in [-0.05, 0) is 31.4 Å². The first kappa shape index (κ1) is 19.7. The van der Waals surface area contributed by atoms with Crippen molar-refractivity contribution < 1.29 is 19.4 Å². The van der Waals surface area contributed by atoms with Crippen LogP contribution in [0.3, 0.4) is 0 Å². The minimum atomic E-state index is -0.642. The highest BCUT2D eigenvalue weighted by molar-refractivity contribution is 5.89. The number of hydrogen-bond donors (Lipinski definition) is 1. The lowest BCUT2D eigenvalue weighted by Gasteiger charge is -2.47. The van der Waals surface area contributed by atoms with Crippen LogP contribution in [0.25, 0.3) is 10.8 Å². The van der Waals surface area contributed by atoms with E-state index in [-0.39, 0.29) is 18.4 Å². The van der Waals surface area contributed by atoms with E-state index in [1.165, 1.54) is 18.9 Å². The lowest BCUT2D eigenvalue weighted by atomic mass is 9.71. The summed E-state index contributed by atoms with van der Waals surface area (Å²) in [7, 11) is 2.99. The van der Waals surface area contributed by atoms with Gasteiger partial charge in [0.05, 0.1) is 31.4 Å². The molecule has 2 fully saturated rings. The molecule has 0 radical (unpaired) electrons. The molecule has 8 heteroatoms. The zero-order chi connectivity index (χ0) is 20.6. The minimum absolute atomic E-state index is 0.111. The first-order valence-electron chi connectivity index (χ1n) is 10.1. The van der Waals surface area contributed by atoms with Crippen LogP contribution in [0.1, 0.15) is 32.1 Å². The number of amides is 1. The van der Waals surface area contributed by atoms with E-state index in [2.05, 4.69) is 5.10 Å². The number of nitrogens with zero attached hydrogens (tertiary/aromatic N) is 3. The van der Waals surface area contributed by atoms with Crippen molar-refractivity contribution >= 4 is 16.7 Å². The van der Waals surface area contributed by atoms with Crippen molar-refractivity contribution in [2.45, 2.75) is 44.2 Å². The van der Waals surface area contributed by atoms with Crippen molar-refractivity contribution in [2.24, 2.45) is 5.92 Å². The average molecular weight is 401 g/mol. The highest BCUT2D eigenvalue weighted by atomic mass is 16.5. The van der Waals surface area contributed by atoms with Crippen molar-refractivity contribution in [3.8, 4) is 11.5 Å². The number of methoxy groups -OCH3 is 2. The summed E-state index contributed by atoms with van der Waals surface area (Å²) in [5.74, 6) is 0.741. The summed E-state index contributed by atoms with van der Waals surface area (Å²) in [4.78, 5) is 27.7. The summed E-state index contributed by atoms with van der Waals surface area (Å²) in [6.07, 6.45) is 6.03. The maximum atomic E-state index is 13.0. The van der Waals surface area contributed by atoms with Crippen LogP contribution in [0.2, 0.25) is 0 Å². The molecule has 2 unspecified atom stereocenters. The van der Waals surface area contributed by atoms with Crippen molar-refractivity contribution in [3.05, 3.63) is 28.7 Å². The number of aromatic nitrogens is 2. The Balaban J connectivity index is 1.59. The zero-order valence-corrected chi connectivity index (χ0v) is 16.9. The standard InChI is InChI=1S/C21H27N3O5/c1-28-16-7-6-14-11-22-24(20(26)18(14)19(16)29-2)13-17(25)23-10-9-21(27)8-4-3-5-15(21)12-23/h6-7,11,15,27H,3-5,8-10,12-13H2,1-2H3. The third-order valence-electron chi connectivity index (χ3n) is 6.43. The third kappa shape index (κ3) is 3.46. The van der Waals surface area contributed by atoms with Crippen molar-refractivity contribution in [3.63, 3.8) is 0 Å². The van der Waals surface area contributed by atoms with Gasteiger partial charge in [0, 0.05) is 24.4 Å². The van der Waals surface area contributed by atoms with E-state index in [0.717, 1.165) is 25.7 Å². The Kier molecular flexibility index (Phi) is 5.21. The van der Waals surface area contributed by atoms with E-state index in [1.807, 2.05) is 0 Å². The van der Waals surface area contributed by atoms with E-state index in [1.54, 1.807) is 23.2 Å². The van der Waals surface area contributed by atoms with E-state index < -0.39 is 11.2 Å². The molecular formula is C21H27N3O5. The molecule has 1 aliphatic carbocycles. The molecule has 2 atom stereocenters. The summed E-state index contributed by atoms with van der Waals surface area (Å²) in [5, 5.41) is 16.0. The fourth-order valence-electron chi connectivity index (χ4n) is 4.72. The molecule has 1 amide bonds. The molecule has 1 saturated heterocycles. The quantitative estimate of drug-likeness (QED) is 0.836. The van der Waals surface area contributed by atoms with Crippen LogP contribution < -0.4 is 15.0 Å². The van der Waals surface area contributed by atoms with Gasteiger partial charge in [-0.3, -0.25) is 9.59 Å². The summed E-state index contributed by atoms with van der Waals surface area (Å²) in [5.41, 5.74) is -1.03. The molecular weight excluding hydrogens is 374 g/mol. The molecule has 1 aromatic carbocycles. The lowest BCUT2D eigenvalue weighted by Crippen LogP contribution is -2.55. The number of hydrogen-bond acceptors (Lipinski definition) is 6. The molecule has 2 heterocycles. The van der Waals surface area contributed by atoms with Gasteiger partial charge in [-0.15, -0.1) is 0 Å².